The smallest absolute Gasteiger partial charge is 0.198 e. The molecule has 0 bridgehead atoms. The standard InChI is InChI=1S/C24H29N5OS/c1-13(2)18-19-14(3)22(15-5-8-28(4)9-6-15)31-24(19)27-20(18)17-11-29-23(25-12-26-29)21-16(17)7-10-30-21/h11-13,15,27H,5-10H2,1-4H3. The number of rotatable bonds is 3. The van der Waals surface area contributed by atoms with E-state index in [1.54, 1.807) is 11.2 Å². The number of fused-ring (bicyclic) bond motifs is 4. The van der Waals surface area contributed by atoms with E-state index in [0.717, 1.165) is 17.8 Å². The summed E-state index contributed by atoms with van der Waals surface area (Å²) in [6.07, 6.45) is 7.17. The van der Waals surface area contributed by atoms with Crippen LogP contribution in [0.2, 0.25) is 0 Å². The molecule has 31 heavy (non-hydrogen) atoms. The number of pyridine rings is 1. The number of nitrogens with one attached hydrogen (secondary N) is 1. The highest BCUT2D eigenvalue weighted by Gasteiger charge is 2.29. The molecule has 1 N–H and O–H groups in total. The zero-order chi connectivity index (χ0) is 21.3. The normalized spacial score (nSPS) is 17.8. The number of hydrogen-bond donors (Lipinski definition) is 1. The van der Waals surface area contributed by atoms with Crippen LogP contribution in [0.15, 0.2) is 12.5 Å². The van der Waals surface area contributed by atoms with Gasteiger partial charge in [0, 0.05) is 34.0 Å². The van der Waals surface area contributed by atoms with Crippen molar-refractivity contribution in [1.29, 1.82) is 0 Å². The maximum absolute atomic E-state index is 5.98. The molecule has 4 aromatic rings. The number of ether oxygens (including phenoxy) is 1. The summed E-state index contributed by atoms with van der Waals surface area (Å²) < 4.78 is 7.84. The quantitative estimate of drug-likeness (QED) is 0.486. The second kappa shape index (κ2) is 7.07. The van der Waals surface area contributed by atoms with Gasteiger partial charge in [0.2, 0.25) is 0 Å². The third-order valence-corrected chi connectivity index (χ3v) is 8.49. The maximum atomic E-state index is 5.98. The van der Waals surface area contributed by atoms with Crippen molar-refractivity contribution in [3.8, 4) is 17.0 Å². The van der Waals surface area contributed by atoms with Gasteiger partial charge in [0.15, 0.2) is 11.4 Å². The van der Waals surface area contributed by atoms with Crippen molar-refractivity contribution >= 4 is 27.2 Å². The average Bonchev–Trinajstić information content (AvgIpc) is 3.51. The number of hydrogen-bond acceptors (Lipinski definition) is 5. The summed E-state index contributed by atoms with van der Waals surface area (Å²) >= 11 is 1.98. The summed E-state index contributed by atoms with van der Waals surface area (Å²) in [5.74, 6) is 2.01. The van der Waals surface area contributed by atoms with Gasteiger partial charge in [-0.15, -0.1) is 11.3 Å². The number of likely N-dealkylation sites (tertiary alicyclic amines) is 1. The number of H-pyrrole nitrogens is 1. The molecule has 2 aliphatic heterocycles. The van der Waals surface area contributed by atoms with E-state index in [0.29, 0.717) is 18.4 Å². The molecule has 1 fully saturated rings. The molecular weight excluding hydrogens is 406 g/mol. The van der Waals surface area contributed by atoms with Crippen LogP contribution in [-0.4, -0.2) is 51.2 Å². The topological polar surface area (TPSA) is 58.5 Å². The predicted molar refractivity (Wildman–Crippen MR) is 126 cm³/mol. The lowest BCUT2D eigenvalue weighted by atomic mass is 9.90. The van der Waals surface area contributed by atoms with Crippen LogP contribution in [0.25, 0.3) is 27.1 Å². The van der Waals surface area contributed by atoms with Crippen molar-refractivity contribution in [1.82, 2.24) is 24.5 Å². The SMILES string of the molecule is Cc1c(C2CCN(C)CC2)sc2[nH]c(-c3cn4ncnc4c4c3CCO4)c(C(C)C)c12. The van der Waals surface area contributed by atoms with Crippen LogP contribution in [0.4, 0.5) is 0 Å². The van der Waals surface area contributed by atoms with Crippen LogP contribution in [-0.2, 0) is 6.42 Å². The van der Waals surface area contributed by atoms with Gasteiger partial charge in [0.25, 0.3) is 0 Å². The fourth-order valence-corrected chi connectivity index (χ4v) is 6.93. The molecule has 0 amide bonds. The minimum absolute atomic E-state index is 0.423. The van der Waals surface area contributed by atoms with Crippen LogP contribution in [0.1, 0.15) is 60.1 Å². The van der Waals surface area contributed by atoms with Crippen LogP contribution in [0.5, 0.6) is 5.75 Å². The Hall–Kier alpha value is -2.38. The van der Waals surface area contributed by atoms with Crippen molar-refractivity contribution in [3.63, 3.8) is 0 Å². The van der Waals surface area contributed by atoms with Gasteiger partial charge in [-0.3, -0.25) is 0 Å². The van der Waals surface area contributed by atoms with Crippen LogP contribution < -0.4 is 4.74 Å². The number of aromatic nitrogens is 4. The molecule has 0 atom stereocenters. The molecule has 162 valence electrons. The lowest BCUT2D eigenvalue weighted by Crippen LogP contribution is -2.29. The van der Waals surface area contributed by atoms with Gasteiger partial charge in [0.1, 0.15) is 11.2 Å². The van der Waals surface area contributed by atoms with Crippen molar-refractivity contribution in [2.24, 2.45) is 0 Å². The van der Waals surface area contributed by atoms with E-state index >= 15 is 0 Å². The molecular formula is C24H29N5OS. The molecule has 2 aliphatic rings. The van der Waals surface area contributed by atoms with Crippen molar-refractivity contribution < 1.29 is 4.74 Å². The molecule has 7 heteroatoms. The summed E-state index contributed by atoms with van der Waals surface area (Å²) in [4.78, 5) is 13.6. The highest BCUT2D eigenvalue weighted by atomic mass is 32.1. The summed E-state index contributed by atoms with van der Waals surface area (Å²) in [5, 5.41) is 5.85. The monoisotopic (exact) mass is 435 g/mol. The van der Waals surface area contributed by atoms with E-state index in [2.05, 4.69) is 54.0 Å². The Kier molecular flexibility index (Phi) is 4.40. The van der Waals surface area contributed by atoms with Crippen LogP contribution in [0.3, 0.4) is 0 Å². The minimum atomic E-state index is 0.423. The second-order valence-electron chi connectivity index (χ2n) is 9.42. The third-order valence-electron chi connectivity index (χ3n) is 7.12. The van der Waals surface area contributed by atoms with Crippen molar-refractivity contribution in [3.05, 3.63) is 34.1 Å². The zero-order valence-electron chi connectivity index (χ0n) is 18.7. The molecule has 0 aliphatic carbocycles. The third kappa shape index (κ3) is 2.86. The largest absolute Gasteiger partial charge is 0.489 e. The van der Waals surface area contributed by atoms with Gasteiger partial charge in [-0.25, -0.2) is 9.50 Å². The van der Waals surface area contributed by atoms with Gasteiger partial charge in [0.05, 0.1) is 12.3 Å². The van der Waals surface area contributed by atoms with E-state index < -0.39 is 0 Å². The number of aryl methyl sites for hydroxylation is 1. The Morgan fingerprint density at radius 2 is 2.06 bits per heavy atom. The minimum Gasteiger partial charge on any atom is -0.489 e. The van der Waals surface area contributed by atoms with E-state index in [9.17, 15) is 0 Å². The molecule has 0 spiro atoms. The molecule has 0 radical (unpaired) electrons. The van der Waals surface area contributed by atoms with Gasteiger partial charge in [-0.1, -0.05) is 13.8 Å². The molecule has 6 rings (SSSR count). The first-order valence-corrected chi connectivity index (χ1v) is 12.2. The summed E-state index contributed by atoms with van der Waals surface area (Å²) in [6.45, 7) is 10.1. The molecule has 0 unspecified atom stereocenters. The number of thiophene rings is 1. The average molecular weight is 436 g/mol. The van der Waals surface area contributed by atoms with E-state index in [1.165, 1.54) is 64.1 Å². The summed E-state index contributed by atoms with van der Waals surface area (Å²) in [6, 6.07) is 0. The first-order valence-electron chi connectivity index (χ1n) is 11.3. The molecule has 1 saturated heterocycles. The molecule has 0 aromatic carbocycles. The molecule has 6 nitrogen and oxygen atoms in total. The number of piperidine rings is 1. The van der Waals surface area contributed by atoms with Crippen LogP contribution >= 0.6 is 11.3 Å². The summed E-state index contributed by atoms with van der Waals surface area (Å²) in [7, 11) is 2.24. The fraction of sp³-hybridized carbons (Fsp3) is 0.500. The zero-order valence-corrected chi connectivity index (χ0v) is 19.5. The highest BCUT2D eigenvalue weighted by Crippen LogP contribution is 2.47. The first-order chi connectivity index (χ1) is 15.0. The summed E-state index contributed by atoms with van der Waals surface area (Å²) in [5.41, 5.74) is 7.42. The molecule has 6 heterocycles. The van der Waals surface area contributed by atoms with Crippen LogP contribution in [0, 0.1) is 6.92 Å². The fourth-order valence-electron chi connectivity index (χ4n) is 5.53. The molecule has 0 saturated carbocycles. The van der Waals surface area contributed by atoms with Crippen molar-refractivity contribution in [2.75, 3.05) is 26.7 Å². The Bertz CT molecular complexity index is 1290. The second-order valence-corrected chi connectivity index (χ2v) is 10.5. The van der Waals surface area contributed by atoms with E-state index in [1.807, 2.05) is 15.9 Å². The van der Waals surface area contributed by atoms with Gasteiger partial charge >= 0.3 is 0 Å². The highest BCUT2D eigenvalue weighted by molar-refractivity contribution is 7.19. The van der Waals surface area contributed by atoms with Gasteiger partial charge < -0.3 is 14.6 Å². The first kappa shape index (κ1) is 19.3. The van der Waals surface area contributed by atoms with E-state index in [-0.39, 0.29) is 0 Å². The van der Waals surface area contributed by atoms with Gasteiger partial charge in [-0.05, 0) is 62.9 Å². The maximum Gasteiger partial charge on any atom is 0.198 e. The Morgan fingerprint density at radius 1 is 1.26 bits per heavy atom. The van der Waals surface area contributed by atoms with Crippen molar-refractivity contribution in [2.45, 2.75) is 51.9 Å². The Morgan fingerprint density at radius 3 is 2.84 bits per heavy atom. The Balaban J connectivity index is 1.54. The van der Waals surface area contributed by atoms with Gasteiger partial charge in [-0.2, -0.15) is 5.10 Å². The number of nitrogens with zero attached hydrogens (tertiary/aromatic N) is 4. The predicted octanol–water partition coefficient (Wildman–Crippen LogP) is 5.12. The number of aromatic amines is 1. The lowest BCUT2D eigenvalue weighted by Gasteiger charge is -2.28. The lowest BCUT2D eigenvalue weighted by molar-refractivity contribution is 0.256. The Labute approximate surface area is 186 Å². The molecule has 4 aromatic heterocycles. The van der Waals surface area contributed by atoms with E-state index in [4.69, 9.17) is 4.74 Å².